The van der Waals surface area contributed by atoms with E-state index in [4.69, 9.17) is 9.47 Å². The van der Waals surface area contributed by atoms with Crippen LogP contribution < -0.4 is 14.8 Å². The second-order valence-corrected chi connectivity index (χ2v) is 8.36. The van der Waals surface area contributed by atoms with Crippen molar-refractivity contribution in [1.29, 1.82) is 0 Å². The largest absolute Gasteiger partial charge is 0.497 e. The predicted octanol–water partition coefficient (Wildman–Crippen LogP) is 5.28. The van der Waals surface area contributed by atoms with Crippen LogP contribution in [0.5, 0.6) is 11.5 Å². The van der Waals surface area contributed by atoms with E-state index in [9.17, 15) is 4.79 Å². The monoisotopic (exact) mass is 474 g/mol. The number of nitrogens with one attached hydrogen (secondary N) is 1. The highest BCUT2D eigenvalue weighted by Crippen LogP contribution is 2.26. The van der Waals surface area contributed by atoms with Crippen LogP contribution in [0.3, 0.4) is 0 Å². The Hall–Kier alpha value is -3.78. The number of hydrogen-bond donors (Lipinski definition) is 1. The van der Waals surface area contributed by atoms with Crippen molar-refractivity contribution in [3.8, 4) is 22.9 Å². The summed E-state index contributed by atoms with van der Waals surface area (Å²) in [6, 6.07) is 25.0. The van der Waals surface area contributed by atoms with Crippen LogP contribution in [0.4, 0.5) is 5.69 Å². The number of carbonyl (C=O) groups excluding carboxylic acids is 1. The molecule has 174 valence electrons. The Balaban J connectivity index is 1.32. The summed E-state index contributed by atoms with van der Waals surface area (Å²) in [6.45, 7) is 3.21. The summed E-state index contributed by atoms with van der Waals surface area (Å²) in [6.07, 6.45) is 0. The number of hydrogen-bond acceptors (Lipinski definition) is 6. The van der Waals surface area contributed by atoms with Gasteiger partial charge in [-0.3, -0.25) is 4.79 Å². The van der Waals surface area contributed by atoms with E-state index in [1.807, 2.05) is 90.4 Å². The Morgan fingerprint density at radius 3 is 2.50 bits per heavy atom. The third kappa shape index (κ3) is 5.96. The molecule has 0 aliphatic heterocycles. The molecule has 4 rings (SSSR count). The van der Waals surface area contributed by atoms with Gasteiger partial charge in [0.15, 0.2) is 11.0 Å². The molecule has 1 aromatic heterocycles. The summed E-state index contributed by atoms with van der Waals surface area (Å²) in [7, 11) is 1.63. The molecule has 0 bridgehead atoms. The van der Waals surface area contributed by atoms with Crippen LogP contribution in [0, 0.1) is 0 Å². The van der Waals surface area contributed by atoms with E-state index in [2.05, 4.69) is 15.5 Å². The molecule has 0 saturated heterocycles. The number of nitrogens with zero attached hydrogens (tertiary/aromatic N) is 3. The summed E-state index contributed by atoms with van der Waals surface area (Å²) in [5.74, 6) is 2.36. The zero-order valence-corrected chi connectivity index (χ0v) is 19.9. The van der Waals surface area contributed by atoms with Gasteiger partial charge in [-0.25, -0.2) is 0 Å². The maximum absolute atomic E-state index is 12.5. The fourth-order valence-electron chi connectivity index (χ4n) is 3.36. The van der Waals surface area contributed by atoms with Crippen LogP contribution >= 0.6 is 11.8 Å². The Morgan fingerprint density at radius 1 is 0.971 bits per heavy atom. The molecule has 1 amide bonds. The number of carbonyl (C=O) groups is 1. The zero-order valence-electron chi connectivity index (χ0n) is 19.1. The minimum atomic E-state index is -0.114. The lowest BCUT2D eigenvalue weighted by atomic mass is 10.2. The standard InChI is InChI=1S/C26H26N4O3S/c1-3-30-25(20-10-7-11-23(16-20)32-2)28-29-26(30)34-18-24(31)27-21-12-14-22(15-13-21)33-17-19-8-5-4-6-9-19/h4-16H,3,17-18H2,1-2H3,(H,27,31). The van der Waals surface area contributed by atoms with E-state index < -0.39 is 0 Å². The normalized spacial score (nSPS) is 10.6. The minimum absolute atomic E-state index is 0.114. The van der Waals surface area contributed by atoms with E-state index in [0.717, 1.165) is 28.5 Å². The Kier molecular flexibility index (Phi) is 7.83. The van der Waals surface area contributed by atoms with E-state index >= 15 is 0 Å². The number of thioether (sulfide) groups is 1. The number of amides is 1. The van der Waals surface area contributed by atoms with Crippen LogP contribution in [-0.2, 0) is 17.9 Å². The van der Waals surface area contributed by atoms with Crippen molar-refractivity contribution in [2.75, 3.05) is 18.2 Å². The molecule has 0 radical (unpaired) electrons. The van der Waals surface area contributed by atoms with E-state index in [-0.39, 0.29) is 11.7 Å². The summed E-state index contributed by atoms with van der Waals surface area (Å²) < 4.78 is 13.1. The molecule has 0 aliphatic carbocycles. The second-order valence-electron chi connectivity index (χ2n) is 7.42. The van der Waals surface area contributed by atoms with Crippen LogP contribution in [0.2, 0.25) is 0 Å². The summed E-state index contributed by atoms with van der Waals surface area (Å²) in [5.41, 5.74) is 2.73. The highest BCUT2D eigenvalue weighted by molar-refractivity contribution is 7.99. The van der Waals surface area contributed by atoms with Gasteiger partial charge >= 0.3 is 0 Å². The molecule has 7 nitrogen and oxygen atoms in total. The number of rotatable bonds is 10. The van der Waals surface area contributed by atoms with Gasteiger partial charge in [-0.15, -0.1) is 10.2 Å². The lowest BCUT2D eigenvalue weighted by molar-refractivity contribution is -0.113. The molecule has 1 N–H and O–H groups in total. The number of anilines is 1. The highest BCUT2D eigenvalue weighted by atomic mass is 32.2. The van der Waals surface area contributed by atoms with Gasteiger partial charge in [0, 0.05) is 17.8 Å². The lowest BCUT2D eigenvalue weighted by Gasteiger charge is -2.09. The smallest absolute Gasteiger partial charge is 0.234 e. The molecule has 0 fully saturated rings. The first-order chi connectivity index (χ1) is 16.7. The van der Waals surface area contributed by atoms with Crippen molar-refractivity contribution in [3.05, 3.63) is 84.4 Å². The van der Waals surface area contributed by atoms with E-state index in [1.54, 1.807) is 7.11 Å². The number of aromatic nitrogens is 3. The zero-order chi connectivity index (χ0) is 23.8. The van der Waals surface area contributed by atoms with Gasteiger partial charge in [0.05, 0.1) is 12.9 Å². The van der Waals surface area contributed by atoms with Crippen LogP contribution in [0.15, 0.2) is 84.0 Å². The van der Waals surface area contributed by atoms with Crippen molar-refractivity contribution in [1.82, 2.24) is 14.8 Å². The molecule has 34 heavy (non-hydrogen) atoms. The second kappa shape index (κ2) is 11.4. The Morgan fingerprint density at radius 2 is 1.76 bits per heavy atom. The maximum atomic E-state index is 12.5. The average molecular weight is 475 g/mol. The summed E-state index contributed by atoms with van der Waals surface area (Å²) in [5, 5.41) is 12.2. The minimum Gasteiger partial charge on any atom is -0.497 e. The van der Waals surface area contributed by atoms with Gasteiger partial charge in [0.1, 0.15) is 18.1 Å². The third-order valence-corrected chi connectivity index (χ3v) is 6.05. The van der Waals surface area contributed by atoms with E-state index in [0.29, 0.717) is 24.0 Å². The van der Waals surface area contributed by atoms with Crippen molar-refractivity contribution in [3.63, 3.8) is 0 Å². The number of methoxy groups -OCH3 is 1. The Bertz CT molecular complexity index is 1230. The maximum Gasteiger partial charge on any atom is 0.234 e. The van der Waals surface area contributed by atoms with Crippen molar-refractivity contribution < 1.29 is 14.3 Å². The quantitative estimate of drug-likeness (QED) is 0.315. The van der Waals surface area contributed by atoms with Gasteiger partial charge in [-0.1, -0.05) is 54.2 Å². The molecule has 0 aliphatic rings. The topological polar surface area (TPSA) is 78.3 Å². The van der Waals surface area contributed by atoms with Gasteiger partial charge in [-0.2, -0.15) is 0 Å². The molecule has 8 heteroatoms. The van der Waals surface area contributed by atoms with Crippen LogP contribution in [-0.4, -0.2) is 33.5 Å². The molecule has 0 unspecified atom stereocenters. The fourth-order valence-corrected chi connectivity index (χ4v) is 4.16. The highest BCUT2D eigenvalue weighted by Gasteiger charge is 2.15. The Labute approximate surface area is 203 Å². The molecule has 1 heterocycles. The predicted molar refractivity (Wildman–Crippen MR) is 134 cm³/mol. The van der Waals surface area contributed by atoms with Gasteiger partial charge in [0.2, 0.25) is 5.91 Å². The first kappa shape index (κ1) is 23.4. The lowest BCUT2D eigenvalue weighted by Crippen LogP contribution is -2.14. The molecule has 0 spiro atoms. The number of benzene rings is 3. The first-order valence-electron chi connectivity index (χ1n) is 10.9. The first-order valence-corrected chi connectivity index (χ1v) is 11.9. The van der Waals surface area contributed by atoms with Crippen LogP contribution in [0.1, 0.15) is 12.5 Å². The van der Waals surface area contributed by atoms with Crippen molar-refractivity contribution in [2.24, 2.45) is 0 Å². The molecule has 3 aromatic carbocycles. The van der Waals surface area contributed by atoms with E-state index in [1.165, 1.54) is 11.8 Å². The van der Waals surface area contributed by atoms with Crippen LogP contribution in [0.25, 0.3) is 11.4 Å². The fraction of sp³-hybridized carbons (Fsp3) is 0.192. The molecule has 0 saturated carbocycles. The average Bonchev–Trinajstić information content (AvgIpc) is 3.31. The molecular weight excluding hydrogens is 448 g/mol. The molecule has 4 aromatic rings. The van der Waals surface area contributed by atoms with Gasteiger partial charge in [0.25, 0.3) is 0 Å². The summed E-state index contributed by atoms with van der Waals surface area (Å²) in [4.78, 5) is 12.5. The summed E-state index contributed by atoms with van der Waals surface area (Å²) >= 11 is 1.35. The van der Waals surface area contributed by atoms with Gasteiger partial charge < -0.3 is 19.4 Å². The van der Waals surface area contributed by atoms with Gasteiger partial charge in [-0.05, 0) is 48.9 Å². The SMILES string of the molecule is CCn1c(SCC(=O)Nc2ccc(OCc3ccccc3)cc2)nnc1-c1cccc(OC)c1. The van der Waals surface area contributed by atoms with Crippen molar-refractivity contribution >= 4 is 23.4 Å². The van der Waals surface area contributed by atoms with Crippen molar-refractivity contribution in [2.45, 2.75) is 25.2 Å². The molecular formula is C26H26N4O3S. The molecule has 0 atom stereocenters. The number of ether oxygens (including phenoxy) is 2. The third-order valence-electron chi connectivity index (χ3n) is 5.08.